The summed E-state index contributed by atoms with van der Waals surface area (Å²) in [5.41, 5.74) is 11.2. The lowest BCUT2D eigenvalue weighted by Crippen LogP contribution is -2.20. The fraction of sp³-hybridized carbons (Fsp3) is 0.350. The van der Waals surface area contributed by atoms with Gasteiger partial charge >= 0.3 is 0 Å². The molecule has 2 rings (SSSR count). The summed E-state index contributed by atoms with van der Waals surface area (Å²) in [6.07, 6.45) is 0. The minimum absolute atomic E-state index is 0.250. The van der Waals surface area contributed by atoms with Crippen LogP contribution in [0.15, 0.2) is 24.3 Å². The highest BCUT2D eigenvalue weighted by Crippen LogP contribution is 2.36. The van der Waals surface area contributed by atoms with E-state index in [0.29, 0.717) is 23.1 Å². The van der Waals surface area contributed by atoms with Crippen LogP contribution in [0.3, 0.4) is 0 Å². The van der Waals surface area contributed by atoms with E-state index in [1.54, 1.807) is 6.07 Å². The van der Waals surface area contributed by atoms with Gasteiger partial charge in [-0.3, -0.25) is 4.79 Å². The SMILES string of the molecule is COc1cc(CNCc2c(C)cc(C)cc2C)cc(Cl)c1OCC(N)=O. The van der Waals surface area contributed by atoms with Crippen LogP contribution in [0.25, 0.3) is 0 Å². The van der Waals surface area contributed by atoms with E-state index in [2.05, 4.69) is 38.2 Å². The molecule has 140 valence electrons. The van der Waals surface area contributed by atoms with Crippen molar-refractivity contribution in [3.8, 4) is 11.5 Å². The van der Waals surface area contributed by atoms with E-state index in [1.165, 1.54) is 29.4 Å². The van der Waals surface area contributed by atoms with E-state index in [-0.39, 0.29) is 6.61 Å². The predicted octanol–water partition coefficient (Wildman–Crippen LogP) is 3.43. The molecule has 0 fully saturated rings. The van der Waals surface area contributed by atoms with Crippen LogP contribution in [-0.2, 0) is 17.9 Å². The Labute approximate surface area is 159 Å². The Bertz CT molecular complexity index is 783. The Morgan fingerprint density at radius 1 is 1.12 bits per heavy atom. The van der Waals surface area contributed by atoms with Crippen molar-refractivity contribution in [3.05, 3.63) is 57.1 Å². The van der Waals surface area contributed by atoms with Crippen LogP contribution in [0.4, 0.5) is 0 Å². The molecular weight excluding hydrogens is 352 g/mol. The lowest BCUT2D eigenvalue weighted by molar-refractivity contribution is -0.119. The van der Waals surface area contributed by atoms with Crippen LogP contribution < -0.4 is 20.5 Å². The van der Waals surface area contributed by atoms with Gasteiger partial charge in [-0.1, -0.05) is 29.3 Å². The Morgan fingerprint density at radius 3 is 2.35 bits per heavy atom. The fourth-order valence-electron chi connectivity index (χ4n) is 2.98. The van der Waals surface area contributed by atoms with Gasteiger partial charge in [-0.2, -0.15) is 0 Å². The highest BCUT2D eigenvalue weighted by Gasteiger charge is 2.13. The maximum atomic E-state index is 10.9. The molecule has 2 aromatic carbocycles. The maximum Gasteiger partial charge on any atom is 0.255 e. The predicted molar refractivity (Wildman–Crippen MR) is 104 cm³/mol. The highest BCUT2D eigenvalue weighted by molar-refractivity contribution is 6.32. The number of amides is 1. The number of nitrogens with one attached hydrogen (secondary N) is 1. The van der Waals surface area contributed by atoms with Gasteiger partial charge in [0.25, 0.3) is 5.91 Å². The average molecular weight is 377 g/mol. The molecule has 0 radical (unpaired) electrons. The van der Waals surface area contributed by atoms with Gasteiger partial charge in [0.1, 0.15) is 0 Å². The Hall–Kier alpha value is -2.24. The van der Waals surface area contributed by atoms with Gasteiger partial charge in [-0.05, 0) is 55.2 Å². The summed E-state index contributed by atoms with van der Waals surface area (Å²) in [7, 11) is 1.53. The number of ether oxygens (including phenoxy) is 2. The molecule has 0 bridgehead atoms. The summed E-state index contributed by atoms with van der Waals surface area (Å²) in [4.78, 5) is 10.9. The van der Waals surface area contributed by atoms with Crippen molar-refractivity contribution < 1.29 is 14.3 Å². The zero-order valence-electron chi connectivity index (χ0n) is 15.6. The van der Waals surface area contributed by atoms with Crippen molar-refractivity contribution in [2.75, 3.05) is 13.7 Å². The van der Waals surface area contributed by atoms with Crippen molar-refractivity contribution >= 4 is 17.5 Å². The number of hydrogen-bond acceptors (Lipinski definition) is 4. The molecule has 0 atom stereocenters. The Kier molecular flexibility index (Phi) is 6.89. The van der Waals surface area contributed by atoms with Crippen molar-refractivity contribution in [1.29, 1.82) is 0 Å². The smallest absolute Gasteiger partial charge is 0.255 e. The molecule has 0 aliphatic rings. The lowest BCUT2D eigenvalue weighted by atomic mass is 10.00. The van der Waals surface area contributed by atoms with Crippen molar-refractivity contribution in [1.82, 2.24) is 5.32 Å². The number of carbonyl (C=O) groups excluding carboxylic acids is 1. The minimum atomic E-state index is -0.572. The van der Waals surface area contributed by atoms with Crippen LogP contribution in [0.2, 0.25) is 5.02 Å². The summed E-state index contributed by atoms with van der Waals surface area (Å²) in [5, 5.41) is 3.82. The summed E-state index contributed by atoms with van der Waals surface area (Å²) >= 11 is 6.28. The zero-order chi connectivity index (χ0) is 19.3. The molecule has 6 heteroatoms. The van der Waals surface area contributed by atoms with Gasteiger partial charge in [0.2, 0.25) is 0 Å². The quantitative estimate of drug-likeness (QED) is 0.740. The van der Waals surface area contributed by atoms with E-state index in [4.69, 9.17) is 26.8 Å². The number of benzene rings is 2. The second kappa shape index (κ2) is 8.92. The molecule has 0 saturated carbocycles. The molecule has 0 saturated heterocycles. The first-order chi connectivity index (χ1) is 12.3. The van der Waals surface area contributed by atoms with Crippen molar-refractivity contribution in [2.45, 2.75) is 33.9 Å². The first-order valence-electron chi connectivity index (χ1n) is 8.36. The first-order valence-corrected chi connectivity index (χ1v) is 8.74. The molecule has 0 unspecified atom stereocenters. The molecule has 5 nitrogen and oxygen atoms in total. The third-order valence-electron chi connectivity index (χ3n) is 4.12. The molecule has 26 heavy (non-hydrogen) atoms. The largest absolute Gasteiger partial charge is 0.493 e. The monoisotopic (exact) mass is 376 g/mol. The van der Waals surface area contributed by atoms with E-state index < -0.39 is 5.91 Å². The molecule has 1 amide bonds. The number of halogens is 1. The normalized spacial score (nSPS) is 10.7. The van der Waals surface area contributed by atoms with Gasteiger partial charge in [0.15, 0.2) is 18.1 Å². The summed E-state index contributed by atoms with van der Waals surface area (Å²) in [5.74, 6) is 0.220. The van der Waals surface area contributed by atoms with Gasteiger partial charge in [-0.25, -0.2) is 0 Å². The second-order valence-corrected chi connectivity index (χ2v) is 6.75. The number of primary amides is 1. The third kappa shape index (κ3) is 5.13. The number of methoxy groups -OCH3 is 1. The Morgan fingerprint density at radius 2 is 1.77 bits per heavy atom. The number of aryl methyl sites for hydroxylation is 3. The van der Waals surface area contributed by atoms with Crippen molar-refractivity contribution in [2.24, 2.45) is 5.73 Å². The first kappa shape index (κ1) is 20.1. The van der Waals surface area contributed by atoms with Crippen LogP contribution in [0.5, 0.6) is 11.5 Å². The fourth-order valence-corrected chi connectivity index (χ4v) is 3.27. The van der Waals surface area contributed by atoms with Gasteiger partial charge in [-0.15, -0.1) is 0 Å². The standard InChI is InChI=1S/C20H25ClN2O3/c1-12-5-13(2)16(14(3)6-12)10-23-9-15-7-17(21)20(18(8-15)25-4)26-11-19(22)24/h5-8,23H,9-11H2,1-4H3,(H2,22,24). The Balaban J connectivity index is 2.08. The number of nitrogens with two attached hydrogens (primary N) is 1. The molecule has 2 aromatic rings. The number of rotatable bonds is 8. The summed E-state index contributed by atoms with van der Waals surface area (Å²) in [6.45, 7) is 7.49. The number of hydrogen-bond donors (Lipinski definition) is 2. The van der Waals surface area contributed by atoms with E-state index in [9.17, 15) is 4.79 Å². The molecule has 0 aromatic heterocycles. The molecular formula is C20H25ClN2O3. The van der Waals surface area contributed by atoms with Crippen LogP contribution in [0, 0.1) is 20.8 Å². The van der Waals surface area contributed by atoms with Crippen molar-refractivity contribution in [3.63, 3.8) is 0 Å². The van der Waals surface area contributed by atoms with Crippen LogP contribution >= 0.6 is 11.6 Å². The summed E-state index contributed by atoms with van der Waals surface area (Å²) in [6, 6.07) is 8.01. The van der Waals surface area contributed by atoms with Gasteiger partial charge in [0, 0.05) is 13.1 Å². The third-order valence-corrected chi connectivity index (χ3v) is 4.40. The maximum absolute atomic E-state index is 10.9. The van der Waals surface area contributed by atoms with E-state index in [0.717, 1.165) is 12.1 Å². The van der Waals surface area contributed by atoms with E-state index >= 15 is 0 Å². The zero-order valence-corrected chi connectivity index (χ0v) is 16.4. The minimum Gasteiger partial charge on any atom is -0.493 e. The molecule has 0 spiro atoms. The van der Waals surface area contributed by atoms with Crippen LogP contribution in [0.1, 0.15) is 27.8 Å². The summed E-state index contributed by atoms with van der Waals surface area (Å²) < 4.78 is 10.7. The van der Waals surface area contributed by atoms with E-state index in [1.807, 2.05) is 6.07 Å². The topological polar surface area (TPSA) is 73.6 Å². The van der Waals surface area contributed by atoms with Gasteiger partial charge in [0.05, 0.1) is 12.1 Å². The average Bonchev–Trinajstić information content (AvgIpc) is 2.55. The highest BCUT2D eigenvalue weighted by atomic mass is 35.5. The molecule has 0 heterocycles. The van der Waals surface area contributed by atoms with Crippen LogP contribution in [-0.4, -0.2) is 19.6 Å². The van der Waals surface area contributed by atoms with Gasteiger partial charge < -0.3 is 20.5 Å². The lowest BCUT2D eigenvalue weighted by Gasteiger charge is -2.15. The number of carbonyl (C=O) groups is 1. The molecule has 0 aliphatic carbocycles. The molecule has 3 N–H and O–H groups in total. The second-order valence-electron chi connectivity index (χ2n) is 6.34. The molecule has 0 aliphatic heterocycles.